The Hall–Kier alpha value is -3.18. The van der Waals surface area contributed by atoms with Crippen molar-refractivity contribution in [2.24, 2.45) is 0 Å². The molecule has 1 aliphatic heterocycles. The van der Waals surface area contributed by atoms with E-state index in [-0.39, 0.29) is 25.7 Å². The number of carbonyl (C=O) groups excluding carboxylic acids is 1. The molecule has 1 fully saturated rings. The summed E-state index contributed by atoms with van der Waals surface area (Å²) in [6.07, 6.45) is -3.73. The lowest BCUT2D eigenvalue weighted by Crippen LogP contribution is -2.36. The number of hydrogen-bond donors (Lipinski definition) is 2. The van der Waals surface area contributed by atoms with E-state index in [0.717, 1.165) is 10.8 Å². The van der Waals surface area contributed by atoms with Gasteiger partial charge in [0.1, 0.15) is 18.5 Å². The summed E-state index contributed by atoms with van der Waals surface area (Å²) in [5.41, 5.74) is -2.19. The molecule has 2 aromatic carbocycles. The summed E-state index contributed by atoms with van der Waals surface area (Å²) in [6, 6.07) is 13.2. The maximum atomic E-state index is 14.7. The molecule has 10 nitrogen and oxygen atoms in total. The molecule has 0 saturated carbocycles. The molecule has 1 aliphatic rings. The normalized spacial score (nSPS) is 20.3. The van der Waals surface area contributed by atoms with Crippen LogP contribution in [0.15, 0.2) is 58.3 Å². The van der Waals surface area contributed by atoms with Gasteiger partial charge in [0.15, 0.2) is 6.23 Å². The van der Waals surface area contributed by atoms with Crippen LogP contribution in [-0.4, -0.2) is 47.1 Å². The molecule has 0 spiro atoms. The molecule has 0 amide bonds. The number of alkyl halides is 1. The number of halogens is 2. The molecule has 0 radical (unpaired) electrons. The number of ether oxygens (including phenoxy) is 2. The zero-order chi connectivity index (χ0) is 26.5. The summed E-state index contributed by atoms with van der Waals surface area (Å²) in [6.45, 7) is 3.11. The van der Waals surface area contributed by atoms with Gasteiger partial charge in [-0.15, -0.1) is 0 Å². The average Bonchev–Trinajstić information content (AvgIpc) is 3.22. The third-order valence-electron chi connectivity index (χ3n) is 5.33. The number of H-pyrrole nitrogens is 1. The maximum absolute atomic E-state index is 14.7. The van der Waals surface area contributed by atoms with Gasteiger partial charge in [-0.05, 0) is 36.8 Å². The Bertz CT molecular complexity index is 1370. The van der Waals surface area contributed by atoms with E-state index < -0.39 is 50.1 Å². The first-order valence-electron chi connectivity index (χ1n) is 11.5. The van der Waals surface area contributed by atoms with Crippen molar-refractivity contribution in [1.82, 2.24) is 14.6 Å². The van der Waals surface area contributed by atoms with Crippen LogP contribution in [0, 0.1) is 5.82 Å². The van der Waals surface area contributed by atoms with Gasteiger partial charge in [0.05, 0.1) is 25.0 Å². The van der Waals surface area contributed by atoms with Gasteiger partial charge in [0, 0.05) is 6.42 Å². The molecule has 198 valence electrons. The summed E-state index contributed by atoms with van der Waals surface area (Å²) >= 11 is 0. The third-order valence-corrected chi connectivity index (χ3v) is 6.51. The van der Waals surface area contributed by atoms with E-state index in [1.165, 1.54) is 0 Å². The van der Waals surface area contributed by atoms with Crippen molar-refractivity contribution >= 4 is 25.3 Å². The Morgan fingerprint density at radius 3 is 2.76 bits per heavy atom. The van der Waals surface area contributed by atoms with Gasteiger partial charge in [-0.2, -0.15) is 4.39 Å². The fraction of sp³-hybridized carbons (Fsp3) is 0.375. The number of rotatable bonds is 10. The van der Waals surface area contributed by atoms with Crippen LogP contribution in [0.4, 0.5) is 8.78 Å². The monoisotopic (exact) mass is 537 g/mol. The molecule has 4 atom stereocenters. The number of carbonyl (C=O) groups is 1. The lowest BCUT2D eigenvalue weighted by molar-refractivity contribution is -0.145. The fourth-order valence-electron chi connectivity index (χ4n) is 3.71. The number of aromatic amines is 1. The van der Waals surface area contributed by atoms with Gasteiger partial charge in [0.2, 0.25) is 5.82 Å². The SMILES string of the molecule is CC(C)OC(=O)CNP(OCC1CC(F)C(n2cc(F)c(=O)[nH]c2=O)O1)Oc1ccc2ccccc2c1. The number of nitrogens with one attached hydrogen (secondary N) is 2. The van der Waals surface area contributed by atoms with Gasteiger partial charge in [-0.3, -0.25) is 19.1 Å². The summed E-state index contributed by atoms with van der Waals surface area (Å²) < 4.78 is 51.5. The number of hydrogen-bond acceptors (Lipinski definition) is 8. The van der Waals surface area contributed by atoms with Gasteiger partial charge >= 0.3 is 20.2 Å². The van der Waals surface area contributed by atoms with Gasteiger partial charge in [-0.25, -0.2) is 14.3 Å². The van der Waals surface area contributed by atoms with E-state index in [1.807, 2.05) is 36.4 Å². The Morgan fingerprint density at radius 2 is 2.00 bits per heavy atom. The highest BCUT2D eigenvalue weighted by Crippen LogP contribution is 2.38. The Morgan fingerprint density at radius 1 is 1.24 bits per heavy atom. The molecule has 3 aromatic rings. The first kappa shape index (κ1) is 26.9. The molecular formula is C24H26F2N3O7P. The van der Waals surface area contributed by atoms with Gasteiger partial charge in [-0.1, -0.05) is 30.3 Å². The van der Waals surface area contributed by atoms with E-state index >= 15 is 0 Å². The van der Waals surface area contributed by atoms with Crippen LogP contribution in [0.1, 0.15) is 26.5 Å². The highest BCUT2D eigenvalue weighted by molar-refractivity contribution is 7.45. The summed E-state index contributed by atoms with van der Waals surface area (Å²) in [4.78, 5) is 37.1. The van der Waals surface area contributed by atoms with Crippen molar-refractivity contribution in [2.45, 2.75) is 44.9 Å². The van der Waals surface area contributed by atoms with Crippen molar-refractivity contribution in [3.8, 4) is 5.75 Å². The number of aromatic nitrogens is 2. The molecule has 13 heteroatoms. The predicted molar refractivity (Wildman–Crippen MR) is 131 cm³/mol. The van der Waals surface area contributed by atoms with Crippen LogP contribution < -0.4 is 20.9 Å². The number of benzene rings is 2. The maximum Gasteiger partial charge on any atom is 0.330 e. The highest BCUT2D eigenvalue weighted by Gasteiger charge is 2.38. The Labute approximate surface area is 211 Å². The molecule has 4 unspecified atom stereocenters. The van der Waals surface area contributed by atoms with Crippen molar-refractivity contribution in [3.05, 3.63) is 75.3 Å². The number of fused-ring (bicyclic) bond motifs is 1. The van der Waals surface area contributed by atoms with Crippen LogP contribution in [0.5, 0.6) is 5.75 Å². The van der Waals surface area contributed by atoms with Gasteiger partial charge in [0.25, 0.3) is 5.56 Å². The van der Waals surface area contributed by atoms with E-state index in [9.17, 15) is 23.2 Å². The van der Waals surface area contributed by atoms with Crippen molar-refractivity contribution in [1.29, 1.82) is 0 Å². The fourth-order valence-corrected chi connectivity index (χ4v) is 4.78. The van der Waals surface area contributed by atoms with Crippen LogP contribution in [0.25, 0.3) is 10.8 Å². The zero-order valence-electron chi connectivity index (χ0n) is 20.1. The quantitative estimate of drug-likeness (QED) is 0.299. The Balaban J connectivity index is 1.43. The molecule has 1 aromatic heterocycles. The molecule has 0 bridgehead atoms. The summed E-state index contributed by atoms with van der Waals surface area (Å²) in [5.74, 6) is -1.26. The molecular weight excluding hydrogens is 511 g/mol. The second-order valence-corrected chi connectivity index (χ2v) is 9.84. The first-order chi connectivity index (χ1) is 17.7. The minimum absolute atomic E-state index is 0.146. The molecule has 2 heterocycles. The van der Waals surface area contributed by atoms with E-state index in [2.05, 4.69) is 5.09 Å². The van der Waals surface area contributed by atoms with Crippen LogP contribution >= 0.6 is 8.53 Å². The number of esters is 1. The second-order valence-electron chi connectivity index (χ2n) is 8.57. The lowest BCUT2D eigenvalue weighted by atomic mass is 10.1. The van der Waals surface area contributed by atoms with Crippen molar-refractivity contribution in [3.63, 3.8) is 0 Å². The second kappa shape index (κ2) is 11.9. The van der Waals surface area contributed by atoms with Crippen LogP contribution in [0.2, 0.25) is 0 Å². The summed E-state index contributed by atoms with van der Waals surface area (Å²) in [7, 11) is -1.89. The average molecular weight is 537 g/mol. The van der Waals surface area contributed by atoms with Crippen molar-refractivity contribution < 1.29 is 32.1 Å². The topological polar surface area (TPSA) is 121 Å². The Kier molecular flexibility index (Phi) is 8.65. The predicted octanol–water partition coefficient (Wildman–Crippen LogP) is 3.32. The lowest BCUT2D eigenvalue weighted by Gasteiger charge is -2.21. The number of nitrogens with zero attached hydrogens (tertiary/aromatic N) is 1. The zero-order valence-corrected chi connectivity index (χ0v) is 21.0. The minimum atomic E-state index is -1.89. The van der Waals surface area contributed by atoms with E-state index in [4.69, 9.17) is 18.5 Å². The molecule has 0 aliphatic carbocycles. The van der Waals surface area contributed by atoms with Crippen LogP contribution in [0.3, 0.4) is 0 Å². The standard InChI is InChI=1S/C24H26F2N3O7P/c1-14(2)34-21(30)11-27-37(36-17-8-7-15-5-3-4-6-16(15)9-17)33-13-18-10-19(25)23(35-18)29-12-20(26)22(31)28-24(29)32/h3-9,12,14,18-19,23,27H,10-11,13H2,1-2H3,(H,28,31,32). The largest absolute Gasteiger partial charge is 0.462 e. The van der Waals surface area contributed by atoms with Crippen LogP contribution in [-0.2, 0) is 18.8 Å². The first-order valence-corrected chi connectivity index (χ1v) is 12.7. The third kappa shape index (κ3) is 6.98. The highest BCUT2D eigenvalue weighted by atomic mass is 31.2. The molecule has 37 heavy (non-hydrogen) atoms. The molecule has 4 rings (SSSR count). The minimum Gasteiger partial charge on any atom is -0.462 e. The van der Waals surface area contributed by atoms with Gasteiger partial charge < -0.3 is 18.5 Å². The smallest absolute Gasteiger partial charge is 0.330 e. The van der Waals surface area contributed by atoms with E-state index in [1.54, 1.807) is 24.9 Å². The molecule has 2 N–H and O–H groups in total. The summed E-state index contributed by atoms with van der Waals surface area (Å²) in [5, 5.41) is 4.83. The van der Waals surface area contributed by atoms with Crippen molar-refractivity contribution in [2.75, 3.05) is 13.2 Å². The van der Waals surface area contributed by atoms with E-state index in [0.29, 0.717) is 16.5 Å². The molecule has 1 saturated heterocycles.